The van der Waals surface area contributed by atoms with Gasteiger partial charge in [-0.15, -0.1) is 0 Å². The van der Waals surface area contributed by atoms with Gasteiger partial charge in [0.05, 0.1) is 23.3 Å². The van der Waals surface area contributed by atoms with Crippen LogP contribution in [0.1, 0.15) is 32.4 Å². The number of hydrogen-bond acceptors (Lipinski definition) is 7. The van der Waals surface area contributed by atoms with Gasteiger partial charge in [-0.2, -0.15) is 9.61 Å². The van der Waals surface area contributed by atoms with Gasteiger partial charge in [0.2, 0.25) is 0 Å². The van der Waals surface area contributed by atoms with Crippen molar-refractivity contribution in [1.82, 2.24) is 19.3 Å². The molecular weight excluding hydrogens is 573 g/mol. The number of carbonyl (C=O) groups excluding carboxylic acids is 1. The lowest BCUT2D eigenvalue weighted by atomic mass is 9.86. The Morgan fingerprint density at radius 1 is 1.31 bits per heavy atom. The van der Waals surface area contributed by atoms with Crippen molar-refractivity contribution in [1.29, 1.82) is 0 Å². The van der Waals surface area contributed by atoms with Gasteiger partial charge in [-0.25, -0.2) is 18.2 Å². The highest BCUT2D eigenvalue weighted by molar-refractivity contribution is 7.93. The average molecular weight is 608 g/mol. The number of hydrogen-bond donors (Lipinski definition) is 2. The molecule has 12 heteroatoms. The summed E-state index contributed by atoms with van der Waals surface area (Å²) in [6, 6.07) is 1.94. The molecule has 0 amide bonds. The van der Waals surface area contributed by atoms with Gasteiger partial charge in [-0.1, -0.05) is 68.1 Å². The van der Waals surface area contributed by atoms with Crippen LogP contribution in [-0.2, 0) is 19.6 Å². The fourth-order valence-corrected chi connectivity index (χ4v) is 5.69. The predicted octanol–water partition coefficient (Wildman–Crippen LogP) is 3.94. The van der Waals surface area contributed by atoms with E-state index in [1.54, 1.807) is 35.9 Å². The lowest BCUT2D eigenvalue weighted by Gasteiger charge is -2.24. The number of allylic oxidation sites excluding steroid dienone is 9. The summed E-state index contributed by atoms with van der Waals surface area (Å²) >= 11 is 6.59. The summed E-state index contributed by atoms with van der Waals surface area (Å²) < 4.78 is 35.0. The van der Waals surface area contributed by atoms with Crippen molar-refractivity contribution in [3.63, 3.8) is 0 Å². The maximum Gasteiger partial charge on any atom is 0.338 e. The van der Waals surface area contributed by atoms with Gasteiger partial charge in [0, 0.05) is 35.5 Å². The third-order valence-corrected chi connectivity index (χ3v) is 8.52. The highest BCUT2D eigenvalue weighted by Gasteiger charge is 2.26. The Labute approximate surface area is 253 Å². The normalized spacial score (nSPS) is 18.2. The molecule has 0 aromatic carbocycles. The minimum absolute atomic E-state index is 0.0747. The number of rotatable bonds is 12. The maximum atomic E-state index is 13.0. The predicted molar refractivity (Wildman–Crippen MR) is 173 cm³/mol. The quantitative estimate of drug-likeness (QED) is 0.163. The zero-order valence-corrected chi connectivity index (χ0v) is 26.0. The van der Waals surface area contributed by atoms with Crippen LogP contribution in [0.15, 0.2) is 107 Å². The van der Waals surface area contributed by atoms with E-state index < -0.39 is 16.0 Å². The minimum Gasteiger partial charge on any atom is -0.465 e. The van der Waals surface area contributed by atoms with Crippen molar-refractivity contribution >= 4 is 52.4 Å². The Morgan fingerprint density at radius 2 is 2.05 bits per heavy atom. The first kappa shape index (κ1) is 32.4. The molecule has 2 aromatic heterocycles. The van der Waals surface area contributed by atoms with Crippen LogP contribution in [0.25, 0.3) is 5.65 Å². The van der Waals surface area contributed by atoms with Gasteiger partial charge in [-0.05, 0) is 49.0 Å². The number of esters is 1. The summed E-state index contributed by atoms with van der Waals surface area (Å²) in [4.78, 5) is 16.8. The van der Waals surface area contributed by atoms with Gasteiger partial charge in [0.15, 0.2) is 5.65 Å². The zero-order chi connectivity index (χ0) is 31.0. The molecule has 1 aliphatic carbocycles. The second-order valence-corrected chi connectivity index (χ2v) is 11.9. The third-order valence-electron chi connectivity index (χ3n) is 6.62. The second-order valence-electron chi connectivity index (χ2n) is 9.65. The Hall–Kier alpha value is -4.09. The molecule has 9 nitrogen and oxygen atoms in total. The van der Waals surface area contributed by atoms with Crippen LogP contribution in [-0.4, -0.2) is 50.5 Å². The first-order valence-corrected chi connectivity index (χ1v) is 15.1. The van der Waals surface area contributed by atoms with Crippen molar-refractivity contribution in [2.24, 2.45) is 5.92 Å². The lowest BCUT2D eigenvalue weighted by molar-refractivity contribution is -0.135. The van der Waals surface area contributed by atoms with E-state index in [1.165, 1.54) is 32.3 Å². The van der Waals surface area contributed by atoms with E-state index in [0.29, 0.717) is 17.8 Å². The molecule has 0 aliphatic heterocycles. The highest BCUT2D eigenvalue weighted by Crippen LogP contribution is 2.37. The van der Waals surface area contributed by atoms with Crippen molar-refractivity contribution in [3.8, 4) is 0 Å². The molecule has 0 spiro atoms. The number of sulfonamides is 1. The van der Waals surface area contributed by atoms with Crippen LogP contribution >= 0.6 is 11.6 Å². The minimum atomic E-state index is -4.07. The number of anilines is 1. The summed E-state index contributed by atoms with van der Waals surface area (Å²) in [7, 11) is -0.932. The number of aromatic nitrogens is 3. The van der Waals surface area contributed by atoms with E-state index in [-0.39, 0.29) is 22.3 Å². The van der Waals surface area contributed by atoms with Crippen LogP contribution in [0.3, 0.4) is 0 Å². The van der Waals surface area contributed by atoms with E-state index >= 15 is 0 Å². The molecule has 2 unspecified atom stereocenters. The Kier molecular flexibility index (Phi) is 11.0. The summed E-state index contributed by atoms with van der Waals surface area (Å²) in [6.07, 6.45) is 16.8. The smallest absolute Gasteiger partial charge is 0.338 e. The molecule has 0 radical (unpaired) electrons. The van der Waals surface area contributed by atoms with Gasteiger partial charge >= 0.3 is 5.97 Å². The van der Waals surface area contributed by atoms with Crippen LogP contribution < -0.4 is 15.5 Å². The number of ether oxygens (including phenoxy) is 1. The van der Waals surface area contributed by atoms with E-state index in [1.807, 2.05) is 26.1 Å². The molecule has 42 heavy (non-hydrogen) atoms. The monoisotopic (exact) mass is 607 g/mol. The summed E-state index contributed by atoms with van der Waals surface area (Å²) in [5, 5.41) is 8.55. The molecule has 1 aliphatic rings. The molecule has 220 valence electrons. The van der Waals surface area contributed by atoms with Gasteiger partial charge < -0.3 is 10.1 Å². The number of carbonyl (C=O) groups is 1. The highest BCUT2D eigenvalue weighted by atomic mass is 35.5. The number of methoxy groups -OCH3 is 1. The SMILES string of the molecule is Bc1cnn2c(NCC(=C)/C=C\C(=C/C)NS(=O)(=O)/C(C)=C(/C=C\C=C)C(=O)OC)cc(C3C(Cl)=CC=CC3C)nc12. The van der Waals surface area contributed by atoms with Gasteiger partial charge in [-0.3, -0.25) is 4.72 Å². The van der Waals surface area contributed by atoms with Gasteiger partial charge in [0.25, 0.3) is 10.0 Å². The molecule has 2 heterocycles. The molecule has 0 bridgehead atoms. The second kappa shape index (κ2) is 14.2. The molecule has 0 saturated carbocycles. The van der Waals surface area contributed by atoms with Crippen molar-refractivity contribution in [3.05, 3.63) is 113 Å². The first-order chi connectivity index (χ1) is 19.9. The average Bonchev–Trinajstić information content (AvgIpc) is 3.34. The molecule has 3 rings (SSSR count). The van der Waals surface area contributed by atoms with Crippen LogP contribution in [0, 0.1) is 5.92 Å². The summed E-state index contributed by atoms with van der Waals surface area (Å²) in [5.41, 5.74) is 3.35. The topological polar surface area (TPSA) is 115 Å². The van der Waals surface area contributed by atoms with Crippen molar-refractivity contribution in [2.75, 3.05) is 19.0 Å². The third kappa shape index (κ3) is 7.60. The maximum absolute atomic E-state index is 13.0. The van der Waals surface area contributed by atoms with Crippen molar-refractivity contribution in [2.45, 2.75) is 26.7 Å². The number of nitrogens with zero attached hydrogens (tertiary/aromatic N) is 3. The number of nitrogens with one attached hydrogen (secondary N) is 2. The number of halogens is 1. The molecule has 2 N–H and O–H groups in total. The van der Waals surface area contributed by atoms with Crippen LogP contribution in [0.5, 0.6) is 0 Å². The first-order valence-electron chi connectivity index (χ1n) is 13.2. The largest absolute Gasteiger partial charge is 0.465 e. The molecule has 0 saturated heterocycles. The van der Waals surface area contributed by atoms with Crippen molar-refractivity contribution < 1.29 is 17.9 Å². The Morgan fingerprint density at radius 3 is 2.69 bits per heavy atom. The summed E-state index contributed by atoms with van der Waals surface area (Å²) in [5.74, 6) is 0.0463. The van der Waals surface area contributed by atoms with E-state index in [0.717, 1.165) is 27.7 Å². The van der Waals surface area contributed by atoms with Crippen LogP contribution in [0.4, 0.5) is 5.82 Å². The summed E-state index contributed by atoms with van der Waals surface area (Å²) in [6.45, 7) is 13.1. The lowest BCUT2D eigenvalue weighted by Crippen LogP contribution is -2.25. The Balaban J connectivity index is 1.79. The number of fused-ring (bicyclic) bond motifs is 1. The molecule has 2 atom stereocenters. The standard InChI is InChI=1S/C30H35BClN5O4S/c1-7-9-12-23(30(38)41-6)21(5)42(39,40)36-22(8-2)15-14-19(3)17-33-27-16-26(28-20(4)11-10-13-25(28)32)35-29-24(31)18-34-37(27)29/h7-16,18,20,28,33,36H,1,3,17,31H2,2,4-6H3/b12-9-,15-14-,22-8+,23-21-. The molecule has 0 fully saturated rings. The fraction of sp³-hybridized carbons (Fsp3) is 0.233. The van der Waals surface area contributed by atoms with E-state index in [9.17, 15) is 13.2 Å². The van der Waals surface area contributed by atoms with Gasteiger partial charge in [0.1, 0.15) is 13.7 Å². The van der Waals surface area contributed by atoms with E-state index in [4.69, 9.17) is 21.3 Å². The molecular formula is C30H35BClN5O4S. The molecule has 2 aromatic rings. The fourth-order valence-electron chi connectivity index (χ4n) is 4.22. The Bertz CT molecular complexity index is 1680. The van der Waals surface area contributed by atoms with Crippen LogP contribution in [0.2, 0.25) is 0 Å². The van der Waals surface area contributed by atoms with E-state index in [2.05, 4.69) is 41.3 Å². The zero-order valence-electron chi connectivity index (χ0n) is 24.4.